The predicted molar refractivity (Wildman–Crippen MR) is 56.8 cm³/mol. The van der Waals surface area contributed by atoms with Crippen molar-refractivity contribution >= 4 is 17.6 Å². The van der Waals surface area contributed by atoms with Crippen molar-refractivity contribution in [2.45, 2.75) is 20.3 Å². The van der Waals surface area contributed by atoms with E-state index in [0.717, 1.165) is 29.8 Å². The zero-order valence-corrected chi connectivity index (χ0v) is 8.73. The van der Waals surface area contributed by atoms with Crippen LogP contribution in [0.1, 0.15) is 20.3 Å². The number of thioether (sulfide) groups is 1. The quantitative estimate of drug-likeness (QED) is 0.713. The molecule has 0 bridgehead atoms. The van der Waals surface area contributed by atoms with Crippen LogP contribution in [0.2, 0.25) is 0 Å². The highest BCUT2D eigenvalue weighted by Crippen LogP contribution is 2.19. The molecule has 1 heterocycles. The molecular weight excluding hydrogens is 168 g/mol. The second-order valence-corrected chi connectivity index (χ2v) is 4.86. The fraction of sp³-hybridized carbons (Fsp3) is 0.889. The summed E-state index contributed by atoms with van der Waals surface area (Å²) < 4.78 is 0. The highest BCUT2D eigenvalue weighted by atomic mass is 32.2. The molecule has 1 aliphatic heterocycles. The first-order chi connectivity index (χ1) is 5.70. The van der Waals surface area contributed by atoms with E-state index in [9.17, 15) is 0 Å². The summed E-state index contributed by atoms with van der Waals surface area (Å²) >= 11 is 1.98. The van der Waals surface area contributed by atoms with Gasteiger partial charge in [-0.25, -0.2) is 0 Å². The third-order valence-electron chi connectivity index (χ3n) is 2.02. The third kappa shape index (κ3) is 3.05. The maximum absolute atomic E-state index is 5.86. The van der Waals surface area contributed by atoms with Crippen molar-refractivity contribution < 1.29 is 0 Å². The first kappa shape index (κ1) is 9.90. The summed E-state index contributed by atoms with van der Waals surface area (Å²) in [5, 5.41) is 0. The van der Waals surface area contributed by atoms with Crippen molar-refractivity contribution in [3.8, 4) is 0 Å². The lowest BCUT2D eigenvalue weighted by atomic mass is 9.98. The number of hydrogen-bond donors (Lipinski definition) is 1. The smallest absolute Gasteiger partial charge is 0.0977 e. The molecule has 0 radical (unpaired) electrons. The Balaban J connectivity index is 2.48. The number of aliphatic imine (C=N–C) groups is 1. The van der Waals surface area contributed by atoms with E-state index >= 15 is 0 Å². The molecule has 1 rings (SSSR count). The van der Waals surface area contributed by atoms with Gasteiger partial charge in [0.2, 0.25) is 0 Å². The summed E-state index contributed by atoms with van der Waals surface area (Å²) in [4.78, 5) is 4.33. The monoisotopic (exact) mass is 186 g/mol. The van der Waals surface area contributed by atoms with Crippen LogP contribution in [-0.2, 0) is 0 Å². The Hall–Kier alpha value is -0.180. The first-order valence-corrected chi connectivity index (χ1v) is 5.73. The Bertz CT molecular complexity index is 166. The summed E-state index contributed by atoms with van der Waals surface area (Å²) in [6, 6.07) is 0. The lowest BCUT2D eigenvalue weighted by molar-refractivity contribution is 0.524. The Kier molecular flexibility index (Phi) is 3.92. The van der Waals surface area contributed by atoms with Gasteiger partial charge < -0.3 is 5.73 Å². The standard InChI is InChI=1S/C9H18N2S/c1-7(2)5-8-6-12-4-3-11-9(8)10/h7-8H,3-6H2,1-2H3,(H2,10,11). The molecular formula is C9H18N2S. The molecule has 1 unspecified atom stereocenters. The van der Waals surface area contributed by atoms with Crippen LogP contribution < -0.4 is 5.73 Å². The summed E-state index contributed by atoms with van der Waals surface area (Å²) in [5.74, 6) is 4.43. The molecule has 1 atom stereocenters. The van der Waals surface area contributed by atoms with Crippen molar-refractivity contribution in [3.63, 3.8) is 0 Å². The van der Waals surface area contributed by atoms with E-state index < -0.39 is 0 Å². The SMILES string of the molecule is CC(C)CC1CSCCN=C1N. The molecule has 2 nitrogen and oxygen atoms in total. The lowest BCUT2D eigenvalue weighted by Gasteiger charge is -2.15. The number of hydrogen-bond acceptors (Lipinski definition) is 3. The molecule has 0 amide bonds. The maximum Gasteiger partial charge on any atom is 0.0977 e. The van der Waals surface area contributed by atoms with Crippen LogP contribution in [0, 0.1) is 11.8 Å². The van der Waals surface area contributed by atoms with Gasteiger partial charge in [0.05, 0.1) is 5.84 Å². The van der Waals surface area contributed by atoms with E-state index in [1.165, 1.54) is 6.42 Å². The highest BCUT2D eigenvalue weighted by Gasteiger charge is 2.16. The lowest BCUT2D eigenvalue weighted by Crippen LogP contribution is -2.26. The Morgan fingerprint density at radius 2 is 2.42 bits per heavy atom. The van der Waals surface area contributed by atoms with E-state index in [1.807, 2.05) is 11.8 Å². The summed E-state index contributed by atoms with van der Waals surface area (Å²) in [5.41, 5.74) is 5.86. The maximum atomic E-state index is 5.86. The molecule has 0 fully saturated rings. The Morgan fingerprint density at radius 3 is 3.08 bits per heavy atom. The molecule has 0 aromatic heterocycles. The Morgan fingerprint density at radius 1 is 1.67 bits per heavy atom. The van der Waals surface area contributed by atoms with Gasteiger partial charge in [0.15, 0.2) is 0 Å². The van der Waals surface area contributed by atoms with Gasteiger partial charge in [0, 0.05) is 24.0 Å². The van der Waals surface area contributed by atoms with E-state index in [4.69, 9.17) is 5.73 Å². The topological polar surface area (TPSA) is 38.4 Å². The van der Waals surface area contributed by atoms with Gasteiger partial charge in [-0.2, -0.15) is 11.8 Å². The van der Waals surface area contributed by atoms with Crippen LogP contribution in [0.25, 0.3) is 0 Å². The highest BCUT2D eigenvalue weighted by molar-refractivity contribution is 7.99. The van der Waals surface area contributed by atoms with E-state index in [0.29, 0.717) is 5.92 Å². The second kappa shape index (κ2) is 4.75. The fourth-order valence-corrected chi connectivity index (χ4v) is 2.42. The molecule has 3 heteroatoms. The van der Waals surface area contributed by atoms with Crippen LogP contribution in [0.15, 0.2) is 4.99 Å². The van der Waals surface area contributed by atoms with Gasteiger partial charge in [0.1, 0.15) is 0 Å². The normalized spacial score (nSPS) is 25.2. The minimum absolute atomic E-state index is 0.525. The summed E-state index contributed by atoms with van der Waals surface area (Å²) in [6.45, 7) is 5.39. The molecule has 1 aliphatic rings. The minimum atomic E-state index is 0.525. The van der Waals surface area contributed by atoms with Crippen molar-refractivity contribution in [3.05, 3.63) is 0 Å². The van der Waals surface area contributed by atoms with Crippen LogP contribution >= 0.6 is 11.8 Å². The van der Waals surface area contributed by atoms with E-state index in [-0.39, 0.29) is 0 Å². The summed E-state index contributed by atoms with van der Waals surface area (Å²) in [6.07, 6.45) is 1.18. The Labute approximate surface area is 79.0 Å². The van der Waals surface area contributed by atoms with Crippen LogP contribution in [0.5, 0.6) is 0 Å². The van der Waals surface area contributed by atoms with Gasteiger partial charge in [-0.1, -0.05) is 13.8 Å². The molecule has 0 aliphatic carbocycles. The molecule has 70 valence electrons. The van der Waals surface area contributed by atoms with Crippen molar-refractivity contribution in [2.75, 3.05) is 18.1 Å². The zero-order chi connectivity index (χ0) is 8.97. The van der Waals surface area contributed by atoms with Crippen molar-refractivity contribution in [1.29, 1.82) is 0 Å². The zero-order valence-electron chi connectivity index (χ0n) is 7.92. The first-order valence-electron chi connectivity index (χ1n) is 4.57. The van der Waals surface area contributed by atoms with Crippen LogP contribution in [-0.4, -0.2) is 23.9 Å². The van der Waals surface area contributed by atoms with E-state index in [1.54, 1.807) is 0 Å². The average Bonchev–Trinajstić information content (AvgIpc) is 2.16. The van der Waals surface area contributed by atoms with Crippen LogP contribution in [0.4, 0.5) is 0 Å². The van der Waals surface area contributed by atoms with E-state index in [2.05, 4.69) is 18.8 Å². The largest absolute Gasteiger partial charge is 0.387 e. The molecule has 0 aromatic carbocycles. The molecule has 2 N–H and O–H groups in total. The van der Waals surface area contributed by atoms with Crippen molar-refractivity contribution in [2.24, 2.45) is 22.6 Å². The number of nitrogens with two attached hydrogens (primary N) is 1. The third-order valence-corrected chi connectivity index (χ3v) is 3.13. The van der Waals surface area contributed by atoms with Gasteiger partial charge in [0.25, 0.3) is 0 Å². The average molecular weight is 186 g/mol. The molecule has 0 saturated heterocycles. The van der Waals surface area contributed by atoms with Crippen molar-refractivity contribution in [1.82, 2.24) is 0 Å². The van der Waals surface area contributed by atoms with Gasteiger partial charge in [-0.3, -0.25) is 4.99 Å². The predicted octanol–water partition coefficient (Wildman–Crippen LogP) is 1.75. The van der Waals surface area contributed by atoms with Gasteiger partial charge in [-0.15, -0.1) is 0 Å². The molecule has 0 aromatic rings. The molecule has 12 heavy (non-hydrogen) atoms. The van der Waals surface area contributed by atoms with Crippen LogP contribution in [0.3, 0.4) is 0 Å². The number of nitrogens with zero attached hydrogens (tertiary/aromatic N) is 1. The minimum Gasteiger partial charge on any atom is -0.387 e. The second-order valence-electron chi connectivity index (χ2n) is 3.71. The number of amidine groups is 1. The summed E-state index contributed by atoms with van der Waals surface area (Å²) in [7, 11) is 0. The van der Waals surface area contributed by atoms with Gasteiger partial charge in [-0.05, 0) is 12.3 Å². The van der Waals surface area contributed by atoms with Gasteiger partial charge >= 0.3 is 0 Å². The number of rotatable bonds is 2. The molecule has 0 saturated carbocycles. The molecule has 0 spiro atoms. The fourth-order valence-electron chi connectivity index (χ4n) is 1.44.